The Hall–Kier alpha value is -1.85. The Kier molecular flexibility index (Phi) is 4.98. The average Bonchev–Trinajstić information content (AvgIpc) is 2.50. The zero-order chi connectivity index (χ0) is 15.3. The highest BCUT2D eigenvalue weighted by Crippen LogP contribution is 2.23. The lowest BCUT2D eigenvalue weighted by Crippen LogP contribution is -2.23. The summed E-state index contributed by atoms with van der Waals surface area (Å²) in [4.78, 5) is 0.249. The molecule has 0 aliphatic rings. The van der Waals surface area contributed by atoms with Crippen LogP contribution < -0.4 is 9.46 Å². The van der Waals surface area contributed by atoms with Gasteiger partial charge in [-0.1, -0.05) is 25.1 Å². The number of nitrogens with one attached hydrogen (secondary N) is 1. The van der Waals surface area contributed by atoms with E-state index in [0.29, 0.717) is 6.61 Å². The fourth-order valence-electron chi connectivity index (χ4n) is 1.93. The van der Waals surface area contributed by atoms with Crippen molar-refractivity contribution in [2.75, 3.05) is 13.2 Å². The van der Waals surface area contributed by atoms with E-state index in [2.05, 4.69) is 18.2 Å². The van der Waals surface area contributed by atoms with Gasteiger partial charge in [0.25, 0.3) is 0 Å². The molecule has 0 spiro atoms. The molecule has 1 N–H and O–H groups in total. The normalized spacial score (nSPS) is 11.5. The quantitative estimate of drug-likeness (QED) is 0.800. The third kappa shape index (κ3) is 3.83. The van der Waals surface area contributed by atoms with E-state index in [0.717, 1.165) is 22.9 Å². The molecular weight excluding hydrogens is 286 g/mol. The number of ether oxygens (including phenoxy) is 1. The SMILES string of the molecule is C=CCNS(=O)(=O)c1ccc2cc(OCCC)ccc2c1. The van der Waals surface area contributed by atoms with Crippen LogP contribution in [0.5, 0.6) is 5.75 Å². The van der Waals surface area contributed by atoms with Gasteiger partial charge in [-0.25, -0.2) is 13.1 Å². The molecule has 0 aliphatic heterocycles. The molecule has 2 aromatic rings. The first kappa shape index (κ1) is 15.5. The molecule has 0 aliphatic carbocycles. The van der Waals surface area contributed by atoms with Gasteiger partial charge in [-0.3, -0.25) is 0 Å². The Labute approximate surface area is 125 Å². The number of benzene rings is 2. The first-order valence-corrected chi connectivity index (χ1v) is 8.32. The van der Waals surface area contributed by atoms with E-state index in [1.54, 1.807) is 18.2 Å². The number of fused-ring (bicyclic) bond motifs is 1. The third-order valence-electron chi connectivity index (χ3n) is 2.98. The van der Waals surface area contributed by atoms with Gasteiger partial charge < -0.3 is 4.74 Å². The first-order chi connectivity index (χ1) is 10.1. The highest BCUT2D eigenvalue weighted by Gasteiger charge is 2.13. The van der Waals surface area contributed by atoms with Crippen LogP contribution in [0.15, 0.2) is 53.9 Å². The summed E-state index contributed by atoms with van der Waals surface area (Å²) >= 11 is 0. The average molecular weight is 305 g/mol. The molecule has 0 heterocycles. The van der Waals surface area contributed by atoms with E-state index < -0.39 is 10.0 Å². The first-order valence-electron chi connectivity index (χ1n) is 6.84. The number of hydrogen-bond donors (Lipinski definition) is 1. The van der Waals surface area contributed by atoms with Gasteiger partial charge in [-0.2, -0.15) is 0 Å². The molecule has 0 aromatic heterocycles. The molecule has 0 amide bonds. The maximum atomic E-state index is 12.1. The number of rotatable bonds is 7. The summed E-state index contributed by atoms with van der Waals surface area (Å²) in [6.07, 6.45) is 2.46. The largest absolute Gasteiger partial charge is 0.494 e. The van der Waals surface area contributed by atoms with Crippen molar-refractivity contribution >= 4 is 20.8 Å². The molecule has 112 valence electrons. The second-order valence-corrected chi connectivity index (χ2v) is 6.43. The predicted molar refractivity (Wildman–Crippen MR) is 85.1 cm³/mol. The van der Waals surface area contributed by atoms with Crippen molar-refractivity contribution in [2.24, 2.45) is 0 Å². The summed E-state index contributed by atoms with van der Waals surface area (Å²) in [5, 5.41) is 1.81. The Morgan fingerprint density at radius 3 is 2.62 bits per heavy atom. The van der Waals surface area contributed by atoms with E-state index in [1.165, 1.54) is 6.08 Å². The van der Waals surface area contributed by atoms with Crippen LogP contribution in [0.25, 0.3) is 10.8 Å². The Morgan fingerprint density at radius 2 is 1.90 bits per heavy atom. The minimum Gasteiger partial charge on any atom is -0.494 e. The summed E-state index contributed by atoms with van der Waals surface area (Å²) in [6, 6.07) is 10.7. The molecule has 0 bridgehead atoms. The zero-order valence-corrected chi connectivity index (χ0v) is 12.8. The minimum absolute atomic E-state index is 0.212. The van der Waals surface area contributed by atoms with Crippen molar-refractivity contribution in [3.8, 4) is 5.75 Å². The van der Waals surface area contributed by atoms with Crippen molar-refractivity contribution in [3.05, 3.63) is 49.1 Å². The summed E-state index contributed by atoms with van der Waals surface area (Å²) in [6.45, 7) is 6.43. The maximum Gasteiger partial charge on any atom is 0.240 e. The zero-order valence-electron chi connectivity index (χ0n) is 12.0. The highest BCUT2D eigenvalue weighted by molar-refractivity contribution is 7.89. The fraction of sp³-hybridized carbons (Fsp3) is 0.250. The Balaban J connectivity index is 2.32. The second-order valence-electron chi connectivity index (χ2n) is 4.66. The van der Waals surface area contributed by atoms with Crippen LogP contribution in [0, 0.1) is 0 Å². The van der Waals surface area contributed by atoms with Gasteiger partial charge >= 0.3 is 0 Å². The molecule has 21 heavy (non-hydrogen) atoms. The Morgan fingerprint density at radius 1 is 1.19 bits per heavy atom. The number of sulfonamides is 1. The summed E-state index contributed by atoms with van der Waals surface area (Å²) in [5.74, 6) is 0.796. The molecule has 0 atom stereocenters. The highest BCUT2D eigenvalue weighted by atomic mass is 32.2. The molecule has 5 heteroatoms. The molecule has 0 fully saturated rings. The van der Waals surface area contributed by atoms with Crippen LogP contribution in [0.2, 0.25) is 0 Å². The van der Waals surface area contributed by atoms with Gasteiger partial charge in [0.1, 0.15) is 5.75 Å². The van der Waals surface area contributed by atoms with Gasteiger partial charge in [-0.15, -0.1) is 6.58 Å². The molecule has 0 radical (unpaired) electrons. The van der Waals surface area contributed by atoms with Crippen LogP contribution in [0.4, 0.5) is 0 Å². The van der Waals surface area contributed by atoms with Crippen LogP contribution in [0.1, 0.15) is 13.3 Å². The third-order valence-corrected chi connectivity index (χ3v) is 4.41. The summed E-state index contributed by atoms with van der Waals surface area (Å²) < 4.78 is 32.1. The van der Waals surface area contributed by atoms with Crippen LogP contribution in [-0.4, -0.2) is 21.6 Å². The van der Waals surface area contributed by atoms with Crippen LogP contribution >= 0.6 is 0 Å². The lowest BCUT2D eigenvalue weighted by Gasteiger charge is -2.08. The van der Waals surface area contributed by atoms with Gasteiger partial charge in [0.05, 0.1) is 11.5 Å². The summed E-state index contributed by atoms with van der Waals surface area (Å²) in [7, 11) is -3.49. The predicted octanol–water partition coefficient (Wildman–Crippen LogP) is 3.09. The molecule has 0 saturated carbocycles. The van der Waals surface area contributed by atoms with Crippen molar-refractivity contribution in [1.82, 2.24) is 4.72 Å². The van der Waals surface area contributed by atoms with E-state index in [9.17, 15) is 8.42 Å². The fourth-order valence-corrected chi connectivity index (χ4v) is 2.96. The van der Waals surface area contributed by atoms with Gasteiger partial charge in [0, 0.05) is 6.54 Å². The molecule has 2 rings (SSSR count). The van der Waals surface area contributed by atoms with Crippen molar-refractivity contribution in [1.29, 1.82) is 0 Å². The molecule has 0 saturated heterocycles. The lowest BCUT2D eigenvalue weighted by atomic mass is 10.1. The smallest absolute Gasteiger partial charge is 0.240 e. The van der Waals surface area contributed by atoms with Gasteiger partial charge in [0.2, 0.25) is 10.0 Å². The van der Waals surface area contributed by atoms with E-state index in [1.807, 2.05) is 18.2 Å². The van der Waals surface area contributed by atoms with E-state index in [-0.39, 0.29) is 11.4 Å². The van der Waals surface area contributed by atoms with Gasteiger partial charge in [0.15, 0.2) is 0 Å². The van der Waals surface area contributed by atoms with E-state index in [4.69, 9.17) is 4.74 Å². The number of hydrogen-bond acceptors (Lipinski definition) is 3. The molecular formula is C16H19NO3S. The van der Waals surface area contributed by atoms with Crippen molar-refractivity contribution < 1.29 is 13.2 Å². The minimum atomic E-state index is -3.49. The van der Waals surface area contributed by atoms with Crippen molar-refractivity contribution in [3.63, 3.8) is 0 Å². The second kappa shape index (κ2) is 6.74. The lowest BCUT2D eigenvalue weighted by molar-refractivity contribution is 0.318. The maximum absolute atomic E-state index is 12.1. The van der Waals surface area contributed by atoms with Crippen molar-refractivity contribution in [2.45, 2.75) is 18.2 Å². The monoisotopic (exact) mass is 305 g/mol. The Bertz CT molecular complexity index is 738. The molecule has 4 nitrogen and oxygen atoms in total. The molecule has 0 unspecified atom stereocenters. The standard InChI is InChI=1S/C16H19NO3S/c1-3-9-17-21(18,19)16-8-6-13-11-15(20-10-4-2)7-5-14(13)12-16/h3,5-8,11-12,17H,1,4,9-10H2,2H3. The van der Waals surface area contributed by atoms with Crippen LogP contribution in [0.3, 0.4) is 0 Å². The van der Waals surface area contributed by atoms with E-state index >= 15 is 0 Å². The summed E-state index contributed by atoms with van der Waals surface area (Å²) in [5.41, 5.74) is 0. The van der Waals surface area contributed by atoms with Crippen LogP contribution in [-0.2, 0) is 10.0 Å². The molecule has 2 aromatic carbocycles. The van der Waals surface area contributed by atoms with Gasteiger partial charge in [-0.05, 0) is 41.5 Å². The topological polar surface area (TPSA) is 55.4 Å².